The molecule has 0 aliphatic heterocycles. The van der Waals surface area contributed by atoms with E-state index < -0.39 is 5.97 Å². The Morgan fingerprint density at radius 2 is 1.92 bits per heavy atom. The molecule has 1 aliphatic rings. The Morgan fingerprint density at radius 3 is 2.42 bits per heavy atom. The molecule has 0 saturated heterocycles. The van der Waals surface area contributed by atoms with Gasteiger partial charge in [0, 0.05) is 6.08 Å². The summed E-state index contributed by atoms with van der Waals surface area (Å²) in [6, 6.07) is 0. The highest BCUT2D eigenvalue weighted by molar-refractivity contribution is 5.79. The fourth-order valence-corrected chi connectivity index (χ4v) is 1.80. The molecule has 12 heavy (non-hydrogen) atoms. The molecule has 0 aromatic carbocycles. The number of allylic oxidation sites excluding steroid dienone is 1. The summed E-state index contributed by atoms with van der Waals surface area (Å²) < 4.78 is 0. The van der Waals surface area contributed by atoms with Gasteiger partial charge in [-0.25, -0.2) is 4.79 Å². The lowest BCUT2D eigenvalue weighted by Gasteiger charge is -2.30. The molecule has 68 valence electrons. The molecule has 2 nitrogen and oxygen atoms in total. The van der Waals surface area contributed by atoms with Crippen LogP contribution in [0.1, 0.15) is 39.0 Å². The minimum atomic E-state index is -0.832. The van der Waals surface area contributed by atoms with Crippen LogP contribution in [-0.4, -0.2) is 11.1 Å². The van der Waals surface area contributed by atoms with Crippen LogP contribution in [0.4, 0.5) is 0 Å². The van der Waals surface area contributed by atoms with Crippen molar-refractivity contribution in [2.75, 3.05) is 0 Å². The van der Waals surface area contributed by atoms with Gasteiger partial charge in [-0.2, -0.15) is 0 Å². The molecule has 0 atom stereocenters. The van der Waals surface area contributed by atoms with Gasteiger partial charge in [0.15, 0.2) is 0 Å². The molecule has 1 aliphatic carbocycles. The summed E-state index contributed by atoms with van der Waals surface area (Å²) in [5.74, 6) is -0.832. The Labute approximate surface area is 73.3 Å². The number of carboxylic acids is 1. The van der Waals surface area contributed by atoms with Crippen molar-refractivity contribution in [2.24, 2.45) is 5.41 Å². The van der Waals surface area contributed by atoms with E-state index in [2.05, 4.69) is 6.92 Å². The van der Waals surface area contributed by atoms with Crippen LogP contribution in [0, 0.1) is 5.41 Å². The smallest absolute Gasteiger partial charge is 0.327 e. The normalized spacial score (nSPS) is 22.8. The first-order valence-electron chi connectivity index (χ1n) is 4.55. The average molecular weight is 168 g/mol. The Bertz CT molecular complexity index is 188. The van der Waals surface area contributed by atoms with Gasteiger partial charge in [-0.3, -0.25) is 0 Å². The van der Waals surface area contributed by atoms with Crippen molar-refractivity contribution in [1.82, 2.24) is 0 Å². The van der Waals surface area contributed by atoms with Gasteiger partial charge >= 0.3 is 5.97 Å². The minimum Gasteiger partial charge on any atom is -0.478 e. The first-order valence-corrected chi connectivity index (χ1v) is 4.55. The third-order valence-corrected chi connectivity index (χ3v) is 2.62. The third kappa shape index (κ3) is 2.68. The molecule has 0 spiro atoms. The maximum Gasteiger partial charge on any atom is 0.327 e. The number of aliphatic carboxylic acids is 1. The van der Waals surface area contributed by atoms with Crippen LogP contribution in [0.3, 0.4) is 0 Å². The van der Waals surface area contributed by atoms with Crippen LogP contribution in [0.2, 0.25) is 0 Å². The second-order valence-corrected chi connectivity index (χ2v) is 3.89. The first kappa shape index (κ1) is 9.30. The summed E-state index contributed by atoms with van der Waals surface area (Å²) in [6.07, 6.45) is 9.19. The second kappa shape index (κ2) is 3.74. The minimum absolute atomic E-state index is 0.149. The summed E-state index contributed by atoms with van der Waals surface area (Å²) in [5.41, 5.74) is 0.149. The fourth-order valence-electron chi connectivity index (χ4n) is 1.80. The van der Waals surface area contributed by atoms with E-state index in [1.54, 1.807) is 0 Å². The quantitative estimate of drug-likeness (QED) is 0.643. The van der Waals surface area contributed by atoms with Crippen molar-refractivity contribution in [2.45, 2.75) is 39.0 Å². The fraction of sp³-hybridized carbons (Fsp3) is 0.700. The van der Waals surface area contributed by atoms with Crippen molar-refractivity contribution in [3.05, 3.63) is 12.2 Å². The van der Waals surface area contributed by atoms with Crippen molar-refractivity contribution >= 4 is 5.97 Å². The lowest BCUT2D eigenvalue weighted by molar-refractivity contribution is -0.131. The molecule has 0 aromatic rings. The Morgan fingerprint density at radius 1 is 1.33 bits per heavy atom. The van der Waals surface area contributed by atoms with Crippen molar-refractivity contribution in [3.8, 4) is 0 Å². The van der Waals surface area contributed by atoms with Crippen LogP contribution in [0.5, 0.6) is 0 Å². The molecular weight excluding hydrogens is 152 g/mol. The van der Waals surface area contributed by atoms with Crippen LogP contribution >= 0.6 is 0 Å². The first-order chi connectivity index (χ1) is 5.62. The van der Waals surface area contributed by atoms with E-state index in [-0.39, 0.29) is 5.41 Å². The van der Waals surface area contributed by atoms with Gasteiger partial charge in [-0.1, -0.05) is 32.3 Å². The number of carboxylic acid groups (broad SMARTS) is 1. The third-order valence-electron chi connectivity index (χ3n) is 2.62. The van der Waals surface area contributed by atoms with Crippen LogP contribution in [-0.2, 0) is 4.79 Å². The van der Waals surface area contributed by atoms with E-state index in [0.29, 0.717) is 0 Å². The lowest BCUT2D eigenvalue weighted by atomic mass is 9.75. The Hall–Kier alpha value is -0.790. The van der Waals surface area contributed by atoms with Crippen LogP contribution in [0.25, 0.3) is 0 Å². The molecular formula is C10H16O2. The maximum atomic E-state index is 10.3. The second-order valence-electron chi connectivity index (χ2n) is 3.89. The van der Waals surface area contributed by atoms with Gasteiger partial charge in [0.2, 0.25) is 0 Å². The zero-order chi connectivity index (χ0) is 9.03. The molecule has 1 rings (SSSR count). The number of rotatable bonds is 2. The van der Waals surface area contributed by atoms with E-state index in [4.69, 9.17) is 5.11 Å². The summed E-state index contributed by atoms with van der Waals surface area (Å²) >= 11 is 0. The monoisotopic (exact) mass is 168 g/mol. The molecule has 0 amide bonds. The summed E-state index contributed by atoms with van der Waals surface area (Å²) in [6.45, 7) is 2.14. The van der Waals surface area contributed by atoms with Gasteiger partial charge in [0.05, 0.1) is 0 Å². The lowest BCUT2D eigenvalue weighted by Crippen LogP contribution is -2.17. The standard InChI is InChI=1S/C10H16O2/c1-10(8-5-9(11)12)6-3-2-4-7-10/h5,8H,2-4,6-7H2,1H3,(H,11,12). The van der Waals surface area contributed by atoms with E-state index >= 15 is 0 Å². The zero-order valence-electron chi connectivity index (χ0n) is 7.55. The highest BCUT2D eigenvalue weighted by Crippen LogP contribution is 2.36. The highest BCUT2D eigenvalue weighted by Gasteiger charge is 2.23. The Balaban J connectivity index is 2.52. The molecule has 0 radical (unpaired) electrons. The predicted molar refractivity (Wildman–Crippen MR) is 48.0 cm³/mol. The molecule has 2 heteroatoms. The maximum absolute atomic E-state index is 10.3. The summed E-state index contributed by atoms with van der Waals surface area (Å²) in [7, 11) is 0. The van der Waals surface area contributed by atoms with Crippen molar-refractivity contribution in [1.29, 1.82) is 0 Å². The predicted octanol–water partition coefficient (Wildman–Crippen LogP) is 2.60. The highest BCUT2D eigenvalue weighted by atomic mass is 16.4. The van der Waals surface area contributed by atoms with Gasteiger partial charge in [0.1, 0.15) is 0 Å². The molecule has 0 aromatic heterocycles. The van der Waals surface area contributed by atoms with Gasteiger partial charge in [0.25, 0.3) is 0 Å². The van der Waals surface area contributed by atoms with Gasteiger partial charge < -0.3 is 5.11 Å². The van der Waals surface area contributed by atoms with Crippen molar-refractivity contribution in [3.63, 3.8) is 0 Å². The molecule has 1 saturated carbocycles. The van der Waals surface area contributed by atoms with Gasteiger partial charge in [-0.05, 0) is 18.3 Å². The Kier molecular flexibility index (Phi) is 2.90. The molecule has 0 heterocycles. The van der Waals surface area contributed by atoms with E-state index in [9.17, 15) is 4.79 Å². The van der Waals surface area contributed by atoms with E-state index in [0.717, 1.165) is 12.8 Å². The van der Waals surface area contributed by atoms with Crippen LogP contribution < -0.4 is 0 Å². The van der Waals surface area contributed by atoms with Crippen LogP contribution in [0.15, 0.2) is 12.2 Å². The topological polar surface area (TPSA) is 37.3 Å². The summed E-state index contributed by atoms with van der Waals surface area (Å²) in [5, 5.41) is 8.47. The van der Waals surface area contributed by atoms with Gasteiger partial charge in [-0.15, -0.1) is 0 Å². The SMILES string of the molecule is CC1(C=CC(=O)O)CCCCC1. The number of hydrogen-bond donors (Lipinski definition) is 1. The summed E-state index contributed by atoms with van der Waals surface area (Å²) in [4.78, 5) is 10.3. The largest absolute Gasteiger partial charge is 0.478 e. The van der Waals surface area contributed by atoms with Crippen molar-refractivity contribution < 1.29 is 9.90 Å². The molecule has 0 unspecified atom stereocenters. The zero-order valence-corrected chi connectivity index (χ0v) is 7.55. The average Bonchev–Trinajstić information content (AvgIpc) is 2.03. The molecule has 1 N–H and O–H groups in total. The number of hydrogen-bond acceptors (Lipinski definition) is 1. The molecule has 0 bridgehead atoms. The van der Waals surface area contributed by atoms with E-state index in [1.807, 2.05) is 6.08 Å². The van der Waals surface area contributed by atoms with E-state index in [1.165, 1.54) is 25.3 Å². The number of carbonyl (C=O) groups is 1. The molecule has 1 fully saturated rings.